The molecule has 6 nitrogen and oxygen atoms in total. The SMILES string of the molecule is O=C(O)CCCC(O)Nc1ccc(OC(=O)c2ccccc2)cc1. The van der Waals surface area contributed by atoms with Crippen molar-refractivity contribution < 1.29 is 24.5 Å². The number of nitrogens with one attached hydrogen (secondary N) is 1. The van der Waals surface area contributed by atoms with E-state index < -0.39 is 18.2 Å². The molecule has 1 unspecified atom stereocenters. The highest BCUT2D eigenvalue weighted by atomic mass is 16.5. The summed E-state index contributed by atoms with van der Waals surface area (Å²) < 4.78 is 5.26. The molecule has 126 valence electrons. The predicted octanol–water partition coefficient (Wildman–Crippen LogP) is 2.89. The van der Waals surface area contributed by atoms with Crippen molar-refractivity contribution in [3.63, 3.8) is 0 Å². The van der Waals surface area contributed by atoms with Crippen LogP contribution in [0.15, 0.2) is 54.6 Å². The lowest BCUT2D eigenvalue weighted by atomic mass is 10.2. The van der Waals surface area contributed by atoms with E-state index in [2.05, 4.69) is 5.32 Å². The van der Waals surface area contributed by atoms with Crippen LogP contribution in [0.2, 0.25) is 0 Å². The molecule has 0 bridgehead atoms. The number of carboxylic acids is 1. The molecule has 0 radical (unpaired) electrons. The Morgan fingerprint density at radius 2 is 1.71 bits per heavy atom. The Morgan fingerprint density at radius 1 is 1.04 bits per heavy atom. The van der Waals surface area contributed by atoms with Crippen LogP contribution < -0.4 is 10.1 Å². The van der Waals surface area contributed by atoms with Gasteiger partial charge in [0.05, 0.1) is 5.56 Å². The molecule has 24 heavy (non-hydrogen) atoms. The molecule has 0 aromatic heterocycles. The monoisotopic (exact) mass is 329 g/mol. The summed E-state index contributed by atoms with van der Waals surface area (Å²) in [5, 5.41) is 21.2. The lowest BCUT2D eigenvalue weighted by Gasteiger charge is -2.14. The van der Waals surface area contributed by atoms with Crippen LogP contribution in [0, 0.1) is 0 Å². The van der Waals surface area contributed by atoms with Gasteiger partial charge in [0, 0.05) is 12.1 Å². The molecule has 2 rings (SSSR count). The smallest absolute Gasteiger partial charge is 0.343 e. The van der Waals surface area contributed by atoms with Gasteiger partial charge in [-0.15, -0.1) is 0 Å². The largest absolute Gasteiger partial charge is 0.481 e. The maximum Gasteiger partial charge on any atom is 0.343 e. The first-order valence-corrected chi connectivity index (χ1v) is 7.58. The fraction of sp³-hybridized carbons (Fsp3) is 0.222. The van der Waals surface area contributed by atoms with Crippen molar-refractivity contribution in [3.8, 4) is 5.75 Å². The van der Waals surface area contributed by atoms with Crippen molar-refractivity contribution in [2.45, 2.75) is 25.5 Å². The highest BCUT2D eigenvalue weighted by Crippen LogP contribution is 2.18. The van der Waals surface area contributed by atoms with Crippen LogP contribution in [0.1, 0.15) is 29.6 Å². The quantitative estimate of drug-likeness (QED) is 0.391. The molecule has 1 atom stereocenters. The van der Waals surface area contributed by atoms with Crippen molar-refractivity contribution in [1.29, 1.82) is 0 Å². The number of esters is 1. The number of ether oxygens (including phenoxy) is 1. The predicted molar refractivity (Wildman–Crippen MR) is 89.0 cm³/mol. The third-order valence-electron chi connectivity index (χ3n) is 3.28. The summed E-state index contributed by atoms with van der Waals surface area (Å²) >= 11 is 0. The molecule has 3 N–H and O–H groups in total. The van der Waals surface area contributed by atoms with E-state index in [1.165, 1.54) is 0 Å². The number of hydrogen-bond acceptors (Lipinski definition) is 5. The average molecular weight is 329 g/mol. The van der Waals surface area contributed by atoms with Crippen molar-refractivity contribution in [3.05, 3.63) is 60.2 Å². The molecule has 2 aromatic rings. The molecule has 0 heterocycles. The van der Waals surface area contributed by atoms with Gasteiger partial charge in [-0.2, -0.15) is 0 Å². The Morgan fingerprint density at radius 3 is 2.33 bits per heavy atom. The van der Waals surface area contributed by atoms with E-state index in [0.717, 1.165) is 0 Å². The van der Waals surface area contributed by atoms with Gasteiger partial charge in [-0.3, -0.25) is 4.79 Å². The molecule has 0 aliphatic carbocycles. The van der Waals surface area contributed by atoms with Crippen molar-refractivity contribution >= 4 is 17.6 Å². The highest BCUT2D eigenvalue weighted by Gasteiger charge is 2.09. The number of carbonyl (C=O) groups excluding carboxylic acids is 1. The number of aliphatic hydroxyl groups is 1. The molecule has 2 aromatic carbocycles. The lowest BCUT2D eigenvalue weighted by Crippen LogP contribution is -2.18. The second kappa shape index (κ2) is 8.69. The van der Waals surface area contributed by atoms with E-state index >= 15 is 0 Å². The molecule has 0 spiro atoms. The summed E-state index contributed by atoms with van der Waals surface area (Å²) in [5.74, 6) is -0.924. The van der Waals surface area contributed by atoms with E-state index in [9.17, 15) is 14.7 Å². The topological polar surface area (TPSA) is 95.9 Å². The molecule has 0 amide bonds. The van der Waals surface area contributed by atoms with Gasteiger partial charge in [-0.25, -0.2) is 4.79 Å². The fourth-order valence-corrected chi connectivity index (χ4v) is 2.07. The van der Waals surface area contributed by atoms with Crippen molar-refractivity contribution in [2.75, 3.05) is 5.32 Å². The zero-order valence-electron chi connectivity index (χ0n) is 13.0. The Bertz CT molecular complexity index is 670. The van der Waals surface area contributed by atoms with E-state index in [1.807, 2.05) is 6.07 Å². The zero-order valence-corrected chi connectivity index (χ0v) is 13.0. The summed E-state index contributed by atoms with van der Waals surface area (Å²) in [5.41, 5.74) is 1.12. The molecular formula is C18H19NO5. The summed E-state index contributed by atoms with van der Waals surface area (Å²) in [7, 11) is 0. The molecule has 6 heteroatoms. The first-order chi connectivity index (χ1) is 11.5. The minimum Gasteiger partial charge on any atom is -0.481 e. The Labute approximate surface area is 139 Å². The summed E-state index contributed by atoms with van der Waals surface area (Å²) in [6, 6.07) is 15.3. The number of anilines is 1. The number of aliphatic hydroxyl groups excluding tert-OH is 1. The average Bonchev–Trinajstić information content (AvgIpc) is 2.57. The number of carboxylic acid groups (broad SMARTS) is 1. The van der Waals surface area contributed by atoms with Crippen LogP contribution in [0.5, 0.6) is 5.75 Å². The van der Waals surface area contributed by atoms with Gasteiger partial charge in [0.15, 0.2) is 0 Å². The van der Waals surface area contributed by atoms with Crippen LogP contribution in [-0.4, -0.2) is 28.4 Å². The van der Waals surface area contributed by atoms with Crippen LogP contribution in [0.4, 0.5) is 5.69 Å². The second-order valence-electron chi connectivity index (χ2n) is 5.23. The lowest BCUT2D eigenvalue weighted by molar-refractivity contribution is -0.137. The summed E-state index contributed by atoms with van der Waals surface area (Å²) in [4.78, 5) is 22.3. The number of rotatable bonds is 8. The third-order valence-corrected chi connectivity index (χ3v) is 3.28. The van der Waals surface area contributed by atoms with Crippen LogP contribution in [0.25, 0.3) is 0 Å². The van der Waals surface area contributed by atoms with E-state index in [4.69, 9.17) is 9.84 Å². The highest BCUT2D eigenvalue weighted by molar-refractivity contribution is 5.91. The molecule has 0 saturated heterocycles. The van der Waals surface area contributed by atoms with Gasteiger partial charge in [0.25, 0.3) is 0 Å². The number of benzene rings is 2. The molecular weight excluding hydrogens is 310 g/mol. The molecule has 0 fully saturated rings. The van der Waals surface area contributed by atoms with Crippen molar-refractivity contribution in [2.24, 2.45) is 0 Å². The molecule has 0 saturated carbocycles. The normalized spacial score (nSPS) is 11.5. The van der Waals surface area contributed by atoms with Crippen LogP contribution in [-0.2, 0) is 4.79 Å². The fourth-order valence-electron chi connectivity index (χ4n) is 2.07. The second-order valence-corrected chi connectivity index (χ2v) is 5.23. The number of hydrogen-bond donors (Lipinski definition) is 3. The maximum atomic E-state index is 11.9. The van der Waals surface area contributed by atoms with Crippen LogP contribution in [0.3, 0.4) is 0 Å². The minimum atomic E-state index is -0.883. The van der Waals surface area contributed by atoms with Crippen LogP contribution >= 0.6 is 0 Å². The Balaban J connectivity index is 1.84. The van der Waals surface area contributed by atoms with Gasteiger partial charge in [-0.05, 0) is 49.2 Å². The minimum absolute atomic E-state index is 0.0209. The Hall–Kier alpha value is -2.86. The molecule has 0 aliphatic heterocycles. The van der Waals surface area contributed by atoms with Gasteiger partial charge >= 0.3 is 11.9 Å². The maximum absolute atomic E-state index is 11.9. The number of carbonyl (C=O) groups is 2. The van der Waals surface area contributed by atoms with E-state index in [-0.39, 0.29) is 6.42 Å². The van der Waals surface area contributed by atoms with Gasteiger partial charge in [0.1, 0.15) is 12.0 Å². The van der Waals surface area contributed by atoms with Gasteiger partial charge in [-0.1, -0.05) is 18.2 Å². The van der Waals surface area contributed by atoms with Crippen molar-refractivity contribution in [1.82, 2.24) is 0 Å². The van der Waals surface area contributed by atoms with E-state index in [0.29, 0.717) is 29.8 Å². The van der Waals surface area contributed by atoms with Gasteiger partial charge in [0.2, 0.25) is 0 Å². The zero-order chi connectivity index (χ0) is 17.4. The molecule has 0 aliphatic rings. The van der Waals surface area contributed by atoms with Gasteiger partial charge < -0.3 is 20.3 Å². The first-order valence-electron chi connectivity index (χ1n) is 7.58. The third kappa shape index (κ3) is 5.73. The van der Waals surface area contributed by atoms with E-state index in [1.54, 1.807) is 48.5 Å². The first kappa shape index (κ1) is 17.5. The summed E-state index contributed by atoms with van der Waals surface area (Å²) in [6.07, 6.45) is -0.0949. The Kier molecular flexibility index (Phi) is 6.33. The number of aliphatic carboxylic acids is 1. The summed E-state index contributed by atoms with van der Waals surface area (Å²) in [6.45, 7) is 0. The standard InChI is InChI=1S/C18H19NO5/c20-16(7-4-8-17(21)22)19-14-9-11-15(12-10-14)24-18(23)13-5-2-1-3-6-13/h1-3,5-6,9-12,16,19-20H,4,7-8H2,(H,21,22).